The molecule has 1 aliphatic heterocycles. The van der Waals surface area contributed by atoms with Crippen molar-refractivity contribution >= 4 is 5.82 Å². The van der Waals surface area contributed by atoms with Crippen LogP contribution < -0.4 is 4.90 Å². The van der Waals surface area contributed by atoms with E-state index in [-0.39, 0.29) is 0 Å². The number of hydrogen-bond donors (Lipinski definition) is 1. The maximum atomic E-state index is 9.64. The Morgan fingerprint density at radius 2 is 1.79 bits per heavy atom. The Balaban J connectivity index is 2.06. The average molecular weight is 263 g/mol. The van der Waals surface area contributed by atoms with Gasteiger partial charge >= 0.3 is 0 Å². The summed E-state index contributed by atoms with van der Waals surface area (Å²) in [5, 5.41) is 9.64. The zero-order valence-electron chi connectivity index (χ0n) is 12.4. The molecule has 4 heteroatoms. The lowest BCUT2D eigenvalue weighted by Gasteiger charge is -2.37. The molecule has 1 aromatic heterocycles. The molecule has 0 bridgehead atoms. The van der Waals surface area contributed by atoms with E-state index in [2.05, 4.69) is 34.7 Å². The van der Waals surface area contributed by atoms with Gasteiger partial charge in [0.15, 0.2) is 0 Å². The van der Waals surface area contributed by atoms with Crippen molar-refractivity contribution < 1.29 is 5.11 Å². The zero-order valence-corrected chi connectivity index (χ0v) is 12.4. The molecule has 1 aliphatic rings. The van der Waals surface area contributed by atoms with Crippen molar-refractivity contribution in [3.05, 3.63) is 23.4 Å². The van der Waals surface area contributed by atoms with Gasteiger partial charge in [-0.3, -0.25) is 4.90 Å². The van der Waals surface area contributed by atoms with Gasteiger partial charge < -0.3 is 10.0 Å². The van der Waals surface area contributed by atoms with Crippen molar-refractivity contribution in [3.63, 3.8) is 0 Å². The Bertz CT molecular complexity index is 423. The Hall–Kier alpha value is -1.13. The monoisotopic (exact) mass is 263 g/mol. The standard InChI is InChI=1S/C15H25N3O/c1-11(2)17-5-7-18(8-6-17)15-9-12(3)14(10-16-15)13(4)19/h9-11,13,19H,5-8H2,1-4H3/t13-/m1/s1. The molecule has 2 rings (SSSR count). The lowest BCUT2D eigenvalue weighted by Crippen LogP contribution is -2.49. The quantitative estimate of drug-likeness (QED) is 0.905. The van der Waals surface area contributed by atoms with Crippen molar-refractivity contribution in [3.8, 4) is 0 Å². The van der Waals surface area contributed by atoms with Gasteiger partial charge in [-0.15, -0.1) is 0 Å². The highest BCUT2D eigenvalue weighted by molar-refractivity contribution is 5.44. The number of hydrogen-bond acceptors (Lipinski definition) is 4. The number of anilines is 1. The first kappa shape index (κ1) is 14.3. The predicted molar refractivity (Wildman–Crippen MR) is 78.5 cm³/mol. The molecule has 19 heavy (non-hydrogen) atoms. The first-order valence-electron chi connectivity index (χ1n) is 7.12. The van der Waals surface area contributed by atoms with Crippen LogP contribution in [0.5, 0.6) is 0 Å². The summed E-state index contributed by atoms with van der Waals surface area (Å²) in [6.45, 7) is 12.6. The van der Waals surface area contributed by atoms with E-state index in [1.165, 1.54) is 0 Å². The van der Waals surface area contributed by atoms with E-state index < -0.39 is 6.10 Å². The topological polar surface area (TPSA) is 39.6 Å². The lowest BCUT2D eigenvalue weighted by atomic mass is 10.1. The minimum Gasteiger partial charge on any atom is -0.389 e. The first-order chi connectivity index (χ1) is 8.99. The SMILES string of the molecule is Cc1cc(N2CCN(C(C)C)CC2)ncc1[C@@H](C)O. The van der Waals surface area contributed by atoms with Crippen LogP contribution in [0.2, 0.25) is 0 Å². The average Bonchev–Trinajstić information content (AvgIpc) is 2.38. The minimum atomic E-state index is -0.445. The molecule has 1 saturated heterocycles. The van der Waals surface area contributed by atoms with Gasteiger partial charge in [0.05, 0.1) is 6.10 Å². The largest absolute Gasteiger partial charge is 0.389 e. The molecule has 1 aromatic rings. The Labute approximate surface area is 116 Å². The van der Waals surface area contributed by atoms with Crippen molar-refractivity contribution in [2.75, 3.05) is 31.1 Å². The molecule has 0 saturated carbocycles. The van der Waals surface area contributed by atoms with E-state index in [1.54, 1.807) is 6.92 Å². The highest BCUT2D eigenvalue weighted by atomic mass is 16.3. The normalized spacial score (nSPS) is 18.9. The van der Waals surface area contributed by atoms with E-state index in [1.807, 2.05) is 13.1 Å². The fourth-order valence-corrected chi connectivity index (χ4v) is 2.63. The first-order valence-corrected chi connectivity index (χ1v) is 7.12. The number of pyridine rings is 1. The molecule has 0 unspecified atom stereocenters. The fraction of sp³-hybridized carbons (Fsp3) is 0.667. The van der Waals surface area contributed by atoms with E-state index in [4.69, 9.17) is 0 Å². The number of rotatable bonds is 3. The molecule has 1 N–H and O–H groups in total. The zero-order chi connectivity index (χ0) is 14.0. The molecule has 0 aliphatic carbocycles. The number of nitrogens with zero attached hydrogens (tertiary/aromatic N) is 3. The predicted octanol–water partition coefficient (Wildman–Crippen LogP) is 1.97. The number of aliphatic hydroxyl groups is 1. The molecular formula is C15H25N3O. The summed E-state index contributed by atoms with van der Waals surface area (Å²) in [6, 6.07) is 2.71. The second kappa shape index (κ2) is 5.88. The van der Waals surface area contributed by atoms with Gasteiger partial charge in [-0.25, -0.2) is 4.98 Å². The van der Waals surface area contributed by atoms with E-state index >= 15 is 0 Å². The minimum absolute atomic E-state index is 0.445. The summed E-state index contributed by atoms with van der Waals surface area (Å²) >= 11 is 0. The Kier molecular flexibility index (Phi) is 4.42. The molecule has 0 radical (unpaired) electrons. The summed E-state index contributed by atoms with van der Waals surface area (Å²) < 4.78 is 0. The molecule has 2 heterocycles. The van der Waals surface area contributed by atoms with Crippen LogP contribution in [0.25, 0.3) is 0 Å². The van der Waals surface area contributed by atoms with Gasteiger partial charge in [0.2, 0.25) is 0 Å². The van der Waals surface area contributed by atoms with Gasteiger partial charge in [0.1, 0.15) is 5.82 Å². The van der Waals surface area contributed by atoms with Crippen molar-refractivity contribution in [1.29, 1.82) is 0 Å². The Morgan fingerprint density at radius 1 is 1.16 bits per heavy atom. The summed E-state index contributed by atoms with van der Waals surface area (Å²) in [4.78, 5) is 9.33. The van der Waals surface area contributed by atoms with Crippen LogP contribution in [-0.4, -0.2) is 47.2 Å². The van der Waals surface area contributed by atoms with Gasteiger partial charge in [0, 0.05) is 44.0 Å². The van der Waals surface area contributed by atoms with Gasteiger partial charge in [-0.2, -0.15) is 0 Å². The van der Waals surface area contributed by atoms with Crippen LogP contribution >= 0.6 is 0 Å². The second-order valence-electron chi connectivity index (χ2n) is 5.69. The molecule has 0 amide bonds. The molecule has 4 nitrogen and oxygen atoms in total. The van der Waals surface area contributed by atoms with Gasteiger partial charge in [0.25, 0.3) is 0 Å². The lowest BCUT2D eigenvalue weighted by molar-refractivity contribution is 0.198. The molecule has 1 atom stereocenters. The van der Waals surface area contributed by atoms with Crippen LogP contribution in [-0.2, 0) is 0 Å². The second-order valence-corrected chi connectivity index (χ2v) is 5.69. The molecule has 1 fully saturated rings. The molecule has 0 spiro atoms. The molecule has 0 aromatic carbocycles. The van der Waals surface area contributed by atoms with Crippen LogP contribution in [0.4, 0.5) is 5.82 Å². The third-order valence-electron chi connectivity index (χ3n) is 3.96. The van der Waals surface area contributed by atoms with Crippen LogP contribution in [0, 0.1) is 6.92 Å². The number of aryl methyl sites for hydroxylation is 1. The summed E-state index contributed by atoms with van der Waals surface area (Å²) in [7, 11) is 0. The van der Waals surface area contributed by atoms with Crippen LogP contribution in [0.3, 0.4) is 0 Å². The third-order valence-corrected chi connectivity index (χ3v) is 3.96. The fourth-order valence-electron chi connectivity index (χ4n) is 2.63. The summed E-state index contributed by atoms with van der Waals surface area (Å²) in [5.74, 6) is 1.03. The summed E-state index contributed by atoms with van der Waals surface area (Å²) in [5.41, 5.74) is 2.04. The van der Waals surface area contributed by atoms with Gasteiger partial charge in [-0.1, -0.05) is 0 Å². The third kappa shape index (κ3) is 3.25. The van der Waals surface area contributed by atoms with Crippen LogP contribution in [0.1, 0.15) is 38.0 Å². The Morgan fingerprint density at radius 3 is 2.26 bits per heavy atom. The highest BCUT2D eigenvalue weighted by Gasteiger charge is 2.20. The number of piperazine rings is 1. The van der Waals surface area contributed by atoms with E-state index in [0.717, 1.165) is 43.1 Å². The highest BCUT2D eigenvalue weighted by Crippen LogP contribution is 2.21. The maximum absolute atomic E-state index is 9.64. The van der Waals surface area contributed by atoms with E-state index in [9.17, 15) is 5.11 Å². The number of aliphatic hydroxyl groups excluding tert-OH is 1. The van der Waals surface area contributed by atoms with Crippen molar-refractivity contribution in [2.24, 2.45) is 0 Å². The molecule has 106 valence electrons. The molecular weight excluding hydrogens is 238 g/mol. The maximum Gasteiger partial charge on any atom is 0.128 e. The van der Waals surface area contributed by atoms with Crippen molar-refractivity contribution in [2.45, 2.75) is 39.8 Å². The smallest absolute Gasteiger partial charge is 0.128 e. The van der Waals surface area contributed by atoms with Gasteiger partial charge in [-0.05, 0) is 39.3 Å². The van der Waals surface area contributed by atoms with Crippen molar-refractivity contribution in [1.82, 2.24) is 9.88 Å². The number of aromatic nitrogens is 1. The summed E-state index contributed by atoms with van der Waals surface area (Å²) in [6.07, 6.45) is 1.36. The van der Waals surface area contributed by atoms with E-state index in [0.29, 0.717) is 6.04 Å². The van der Waals surface area contributed by atoms with Crippen LogP contribution in [0.15, 0.2) is 12.3 Å².